The van der Waals surface area contributed by atoms with E-state index < -0.39 is 9.84 Å². The molecule has 5 heteroatoms. The van der Waals surface area contributed by atoms with Gasteiger partial charge >= 0.3 is 0 Å². The van der Waals surface area contributed by atoms with E-state index in [9.17, 15) is 12.8 Å². The Balaban J connectivity index is 2.93. The summed E-state index contributed by atoms with van der Waals surface area (Å²) in [7, 11) is -3.00. The summed E-state index contributed by atoms with van der Waals surface area (Å²) in [5.41, 5.74) is 1.80. The third-order valence-electron chi connectivity index (χ3n) is 2.84. The molecule has 0 aliphatic carbocycles. The Kier molecular flexibility index (Phi) is 5.28. The monoisotopic (exact) mass is 273 g/mol. The van der Waals surface area contributed by atoms with Crippen LogP contribution in [-0.2, 0) is 9.84 Å². The Morgan fingerprint density at radius 3 is 2.61 bits per heavy atom. The Labute approximate surface area is 108 Å². The zero-order chi connectivity index (χ0) is 13.8. The topological polar surface area (TPSA) is 46.2 Å². The van der Waals surface area contributed by atoms with Gasteiger partial charge in [0.1, 0.15) is 15.7 Å². The highest BCUT2D eigenvalue weighted by Crippen LogP contribution is 2.22. The summed E-state index contributed by atoms with van der Waals surface area (Å²) in [6.45, 7) is 4.56. The van der Waals surface area contributed by atoms with Crippen LogP contribution < -0.4 is 5.32 Å². The molecule has 102 valence electrons. The summed E-state index contributed by atoms with van der Waals surface area (Å²) in [6, 6.07) is 4.49. The van der Waals surface area contributed by atoms with Crippen molar-refractivity contribution in [1.82, 2.24) is 5.32 Å². The van der Waals surface area contributed by atoms with E-state index in [1.54, 1.807) is 6.07 Å². The van der Waals surface area contributed by atoms with Gasteiger partial charge in [0.15, 0.2) is 0 Å². The molecule has 0 saturated heterocycles. The Morgan fingerprint density at radius 1 is 1.39 bits per heavy atom. The van der Waals surface area contributed by atoms with Crippen LogP contribution in [0.25, 0.3) is 0 Å². The lowest BCUT2D eigenvalue weighted by molar-refractivity contribution is 0.523. The molecule has 0 radical (unpaired) electrons. The maximum atomic E-state index is 13.3. The highest BCUT2D eigenvalue weighted by Gasteiger charge is 2.16. The first-order chi connectivity index (χ1) is 8.33. The van der Waals surface area contributed by atoms with E-state index >= 15 is 0 Å². The van der Waals surface area contributed by atoms with Crippen molar-refractivity contribution >= 4 is 9.84 Å². The van der Waals surface area contributed by atoms with Crippen LogP contribution in [0.1, 0.15) is 30.5 Å². The van der Waals surface area contributed by atoms with E-state index in [0.29, 0.717) is 13.0 Å². The van der Waals surface area contributed by atoms with Crippen LogP contribution >= 0.6 is 0 Å². The number of aryl methyl sites for hydroxylation is 1. The average molecular weight is 273 g/mol. The van der Waals surface area contributed by atoms with Crippen LogP contribution in [0.15, 0.2) is 18.2 Å². The predicted octanol–water partition coefficient (Wildman–Crippen LogP) is 2.22. The first-order valence-electron chi connectivity index (χ1n) is 6.00. The lowest BCUT2D eigenvalue weighted by Crippen LogP contribution is -2.24. The standard InChI is InChI=1S/C13H20FNO2S/c1-4-15-13(7-8-18(3,16)17)12-9-11(14)6-5-10(12)2/h5-6,9,13,15H,4,7-8H2,1-3H3. The van der Waals surface area contributed by atoms with Crippen molar-refractivity contribution in [2.45, 2.75) is 26.3 Å². The highest BCUT2D eigenvalue weighted by molar-refractivity contribution is 7.90. The summed E-state index contributed by atoms with van der Waals surface area (Å²) < 4.78 is 35.7. The van der Waals surface area contributed by atoms with Crippen LogP contribution in [0, 0.1) is 12.7 Å². The Hall–Kier alpha value is -0.940. The van der Waals surface area contributed by atoms with Crippen LogP contribution in [-0.4, -0.2) is 27.0 Å². The molecule has 1 atom stereocenters. The SMILES string of the molecule is CCNC(CCS(C)(=O)=O)c1cc(F)ccc1C. The summed E-state index contributed by atoms with van der Waals surface area (Å²) in [5, 5.41) is 3.21. The van der Waals surface area contributed by atoms with Gasteiger partial charge in [0.2, 0.25) is 0 Å². The fraction of sp³-hybridized carbons (Fsp3) is 0.538. The quantitative estimate of drug-likeness (QED) is 0.864. The molecule has 0 amide bonds. The van der Waals surface area contributed by atoms with Gasteiger partial charge < -0.3 is 5.32 Å². The van der Waals surface area contributed by atoms with E-state index in [2.05, 4.69) is 5.32 Å². The number of nitrogens with one attached hydrogen (secondary N) is 1. The molecule has 0 saturated carbocycles. The van der Waals surface area contributed by atoms with Crippen molar-refractivity contribution in [3.63, 3.8) is 0 Å². The van der Waals surface area contributed by atoms with Crippen molar-refractivity contribution in [2.24, 2.45) is 0 Å². The zero-order valence-corrected chi connectivity index (χ0v) is 11.8. The number of benzene rings is 1. The van der Waals surface area contributed by atoms with E-state index in [4.69, 9.17) is 0 Å². The van der Waals surface area contributed by atoms with E-state index in [1.165, 1.54) is 18.4 Å². The number of hydrogen-bond acceptors (Lipinski definition) is 3. The minimum atomic E-state index is -3.00. The van der Waals surface area contributed by atoms with Crippen LogP contribution in [0.4, 0.5) is 4.39 Å². The molecular weight excluding hydrogens is 253 g/mol. The fourth-order valence-corrected chi connectivity index (χ4v) is 2.60. The van der Waals surface area contributed by atoms with Crippen molar-refractivity contribution in [1.29, 1.82) is 0 Å². The molecular formula is C13H20FNO2S. The van der Waals surface area contributed by atoms with Crippen LogP contribution in [0.3, 0.4) is 0 Å². The molecule has 0 heterocycles. The Morgan fingerprint density at radius 2 is 2.06 bits per heavy atom. The molecule has 1 aromatic carbocycles. The maximum absolute atomic E-state index is 13.3. The van der Waals surface area contributed by atoms with Gasteiger partial charge in [-0.05, 0) is 43.1 Å². The number of halogens is 1. The van der Waals surface area contributed by atoms with Gasteiger partial charge in [-0.25, -0.2) is 12.8 Å². The molecule has 18 heavy (non-hydrogen) atoms. The minimum Gasteiger partial charge on any atom is -0.310 e. The van der Waals surface area contributed by atoms with Gasteiger partial charge in [0.05, 0.1) is 5.75 Å². The fourth-order valence-electron chi connectivity index (χ4n) is 1.93. The van der Waals surface area contributed by atoms with Crippen molar-refractivity contribution in [2.75, 3.05) is 18.6 Å². The zero-order valence-electron chi connectivity index (χ0n) is 11.0. The lowest BCUT2D eigenvalue weighted by atomic mass is 9.99. The lowest BCUT2D eigenvalue weighted by Gasteiger charge is -2.20. The molecule has 0 fully saturated rings. The minimum absolute atomic E-state index is 0.0978. The van der Waals surface area contributed by atoms with Crippen molar-refractivity contribution < 1.29 is 12.8 Å². The predicted molar refractivity (Wildman–Crippen MR) is 71.9 cm³/mol. The molecule has 3 nitrogen and oxygen atoms in total. The van der Waals surface area contributed by atoms with Gasteiger partial charge in [0.25, 0.3) is 0 Å². The second kappa shape index (κ2) is 6.29. The largest absolute Gasteiger partial charge is 0.310 e. The van der Waals surface area contributed by atoms with Crippen LogP contribution in [0.5, 0.6) is 0 Å². The number of sulfone groups is 1. The van der Waals surface area contributed by atoms with Crippen molar-refractivity contribution in [3.05, 3.63) is 35.1 Å². The molecule has 1 rings (SSSR count). The summed E-state index contributed by atoms with van der Waals surface area (Å²) in [6.07, 6.45) is 1.67. The highest BCUT2D eigenvalue weighted by atomic mass is 32.2. The summed E-state index contributed by atoms with van der Waals surface area (Å²) in [4.78, 5) is 0. The van der Waals surface area contributed by atoms with Crippen LogP contribution in [0.2, 0.25) is 0 Å². The smallest absolute Gasteiger partial charge is 0.147 e. The van der Waals surface area contributed by atoms with Gasteiger partial charge in [-0.2, -0.15) is 0 Å². The summed E-state index contributed by atoms with van der Waals surface area (Å²) >= 11 is 0. The average Bonchev–Trinajstić information content (AvgIpc) is 2.26. The van der Waals surface area contributed by atoms with Gasteiger partial charge in [-0.3, -0.25) is 0 Å². The van der Waals surface area contributed by atoms with E-state index in [1.807, 2.05) is 13.8 Å². The molecule has 0 aliphatic rings. The second-order valence-corrected chi connectivity index (χ2v) is 6.79. The molecule has 1 N–H and O–H groups in total. The van der Waals surface area contributed by atoms with E-state index in [0.717, 1.165) is 11.1 Å². The first kappa shape index (κ1) is 15.1. The Bertz CT molecular complexity index is 500. The molecule has 0 aliphatic heterocycles. The third kappa shape index (κ3) is 4.74. The number of rotatable bonds is 6. The molecule has 0 aromatic heterocycles. The molecule has 0 bridgehead atoms. The first-order valence-corrected chi connectivity index (χ1v) is 8.06. The van der Waals surface area contributed by atoms with Gasteiger partial charge in [-0.15, -0.1) is 0 Å². The molecule has 1 unspecified atom stereocenters. The summed E-state index contributed by atoms with van der Waals surface area (Å²) in [5.74, 6) is -0.196. The normalized spacial score (nSPS) is 13.6. The van der Waals surface area contributed by atoms with Gasteiger partial charge in [-0.1, -0.05) is 13.0 Å². The third-order valence-corrected chi connectivity index (χ3v) is 3.82. The maximum Gasteiger partial charge on any atom is 0.147 e. The molecule has 1 aromatic rings. The molecule has 0 spiro atoms. The van der Waals surface area contributed by atoms with Gasteiger partial charge in [0, 0.05) is 12.3 Å². The second-order valence-electron chi connectivity index (χ2n) is 4.53. The number of hydrogen-bond donors (Lipinski definition) is 1. The van der Waals surface area contributed by atoms with Crippen molar-refractivity contribution in [3.8, 4) is 0 Å². The van der Waals surface area contributed by atoms with E-state index in [-0.39, 0.29) is 17.6 Å².